The Morgan fingerprint density at radius 2 is 1.29 bits per heavy atom. The number of aryl methyl sites for hydroxylation is 3. The molecule has 15 heteroatoms. The van der Waals surface area contributed by atoms with Crippen LogP contribution in [0.1, 0.15) is 53.6 Å². The summed E-state index contributed by atoms with van der Waals surface area (Å²) in [5.74, 6) is 0.736. The van der Waals surface area contributed by atoms with Crippen LogP contribution in [-0.2, 0) is 40.9 Å². The fraction of sp³-hybridized carbons (Fsp3) is 0.159. The van der Waals surface area contributed by atoms with Crippen molar-refractivity contribution in [2.45, 2.75) is 28.2 Å². The van der Waals surface area contributed by atoms with E-state index in [1.165, 1.54) is 5.56 Å². The number of ether oxygens (including phenoxy) is 1. The van der Waals surface area contributed by atoms with Gasteiger partial charge in [-0.15, -0.1) is 0 Å². The smallest absolute Gasteiger partial charge is 0.248 e. The predicted octanol–water partition coefficient (Wildman–Crippen LogP) is 8.10. The number of nitrogens with two attached hydrogens (primary N) is 2. The van der Waals surface area contributed by atoms with Crippen molar-refractivity contribution in [2.24, 2.45) is 25.6 Å². The van der Waals surface area contributed by atoms with Gasteiger partial charge in [0, 0.05) is 56.8 Å². The van der Waals surface area contributed by atoms with E-state index in [9.17, 15) is 14.7 Å². The van der Waals surface area contributed by atoms with Gasteiger partial charge in [0.25, 0.3) is 0 Å². The summed E-state index contributed by atoms with van der Waals surface area (Å²) in [5, 5.41) is 20.0. The number of carbonyl (C=O) groups excluding carboxylic acids is 2. The summed E-state index contributed by atoms with van der Waals surface area (Å²) in [6, 6.07) is 25.9. The normalized spacial score (nSPS) is 10.3. The van der Waals surface area contributed by atoms with Gasteiger partial charge in [-0.05, 0) is 66.1 Å². The second-order valence-corrected chi connectivity index (χ2v) is 12.8. The van der Waals surface area contributed by atoms with Crippen LogP contribution in [0.15, 0.2) is 91.5 Å². The molecule has 59 heavy (non-hydrogen) atoms. The SMILES string of the molecule is C.C.C=Cc1cccc(-c2nn(C)c(-c3nc4ccc(C(N)=O)cc4[nH]3)c2OC)c1.CCc1cccc(-c2nn(C)c(-c3nc4ccc(C(N)=O)cc4[nH]3)c2O)c1.[CH3-].[Pd]. The molecule has 4 heterocycles. The summed E-state index contributed by atoms with van der Waals surface area (Å²) < 4.78 is 9.01. The summed E-state index contributed by atoms with van der Waals surface area (Å²) >= 11 is 0. The number of amides is 2. The molecule has 0 fully saturated rings. The minimum absolute atomic E-state index is 0. The Labute approximate surface area is 357 Å². The summed E-state index contributed by atoms with van der Waals surface area (Å²) in [6.07, 6.45) is 2.69. The summed E-state index contributed by atoms with van der Waals surface area (Å²) in [4.78, 5) is 38.3. The van der Waals surface area contributed by atoms with E-state index >= 15 is 0 Å². The number of hydrogen-bond donors (Lipinski definition) is 5. The summed E-state index contributed by atoms with van der Waals surface area (Å²) in [6.45, 7) is 5.90. The molecule has 0 unspecified atom stereocenters. The topological polar surface area (TPSA) is 209 Å². The molecule has 2 amide bonds. The maximum Gasteiger partial charge on any atom is 0.248 e. The molecule has 0 aliphatic carbocycles. The zero-order valence-corrected chi connectivity index (χ0v) is 33.5. The van der Waals surface area contributed by atoms with Crippen molar-refractivity contribution in [2.75, 3.05) is 7.11 Å². The van der Waals surface area contributed by atoms with Crippen LogP contribution in [0.25, 0.3) is 73.7 Å². The number of nitrogens with zero attached hydrogens (tertiary/aromatic N) is 6. The molecule has 0 saturated heterocycles. The number of methoxy groups -OCH3 is 1. The number of carbonyl (C=O) groups is 2. The molecule has 4 aromatic heterocycles. The molecule has 0 spiro atoms. The Hall–Kier alpha value is -6.82. The van der Waals surface area contributed by atoms with E-state index in [1.807, 2.05) is 55.6 Å². The van der Waals surface area contributed by atoms with Crippen LogP contribution < -0.4 is 16.2 Å². The number of rotatable bonds is 9. The van der Waals surface area contributed by atoms with Crippen molar-refractivity contribution in [1.82, 2.24) is 39.5 Å². The zero-order chi connectivity index (χ0) is 39.0. The van der Waals surface area contributed by atoms with E-state index in [1.54, 1.807) is 66.0 Å². The number of benzene rings is 4. The monoisotopic (exact) mass is 887 g/mol. The maximum absolute atomic E-state index is 11.4. The molecule has 7 N–H and O–H groups in total. The first-order valence-electron chi connectivity index (χ1n) is 17.3. The van der Waals surface area contributed by atoms with Crippen LogP contribution in [0.4, 0.5) is 0 Å². The molecule has 0 bridgehead atoms. The standard InChI is InChI=1S/C21H19N5O2.C20H19N5O2.2CH4.CH3.Pd/c1-4-12-6-5-7-13(10-12)17-19(28-3)18(26(2)25-17)21-23-15-9-8-14(20(22)27)11-16(15)24-21;1-3-11-5-4-6-12(9-11)16-18(26)17(25(2)24-16)20-22-14-8-7-13(19(21)27)10-15(14)23-20;;;;/h4-11H,1H2,2-3H3,(H2,22,27)(H,23,24);4-10,26H,3H2,1-2H3,(H2,21,27)(H,22,23);2*1H4;1H3;/q;;;;-1;. The van der Waals surface area contributed by atoms with Crippen LogP contribution in [0.5, 0.6) is 11.5 Å². The van der Waals surface area contributed by atoms with Crippen molar-refractivity contribution < 1.29 is 39.9 Å². The van der Waals surface area contributed by atoms with Crippen molar-refractivity contribution >= 4 is 40.0 Å². The summed E-state index contributed by atoms with van der Waals surface area (Å²) in [5.41, 5.74) is 20.6. The molecule has 0 aliphatic heterocycles. The van der Waals surface area contributed by atoms with E-state index in [0.717, 1.165) is 28.6 Å². The van der Waals surface area contributed by atoms with Gasteiger partial charge in [-0.3, -0.25) is 19.0 Å². The van der Waals surface area contributed by atoms with E-state index in [2.05, 4.69) is 43.6 Å². The molecule has 14 nitrogen and oxygen atoms in total. The Kier molecular flexibility index (Phi) is 15.1. The van der Waals surface area contributed by atoms with E-state index in [4.69, 9.17) is 16.2 Å². The second-order valence-electron chi connectivity index (χ2n) is 12.8. The third-order valence-electron chi connectivity index (χ3n) is 9.22. The number of hydrogen-bond acceptors (Lipinski definition) is 8. The Morgan fingerprint density at radius 3 is 1.81 bits per heavy atom. The van der Waals surface area contributed by atoms with Gasteiger partial charge in [-0.25, -0.2) is 9.97 Å². The van der Waals surface area contributed by atoms with Crippen LogP contribution in [0.3, 0.4) is 0 Å². The average Bonchev–Trinajstić information content (AvgIpc) is 3.96. The Morgan fingerprint density at radius 1 is 0.780 bits per heavy atom. The number of aromatic hydroxyl groups is 1. The van der Waals surface area contributed by atoms with Gasteiger partial charge >= 0.3 is 0 Å². The van der Waals surface area contributed by atoms with Gasteiger partial charge in [0.15, 0.2) is 23.1 Å². The Balaban J connectivity index is 0.000000295. The van der Waals surface area contributed by atoms with Gasteiger partial charge in [0.1, 0.15) is 22.8 Å². The molecule has 0 atom stereocenters. The van der Waals surface area contributed by atoms with E-state index in [-0.39, 0.29) is 48.5 Å². The zero-order valence-electron chi connectivity index (χ0n) is 31.9. The molecule has 4 aromatic carbocycles. The largest absolute Gasteiger partial charge is 0.504 e. The molecule has 8 aromatic rings. The minimum atomic E-state index is -0.505. The number of H-pyrrole nitrogens is 2. The number of imidazole rings is 2. The van der Waals surface area contributed by atoms with Crippen molar-refractivity contribution in [3.8, 4) is 57.1 Å². The van der Waals surface area contributed by atoms with Crippen LogP contribution in [0, 0.1) is 7.43 Å². The third kappa shape index (κ3) is 9.02. The van der Waals surface area contributed by atoms with Crippen molar-refractivity contribution in [3.05, 3.63) is 121 Å². The number of primary amides is 2. The fourth-order valence-corrected chi connectivity index (χ4v) is 6.42. The first-order valence-corrected chi connectivity index (χ1v) is 17.3. The Bertz CT molecular complexity index is 2780. The third-order valence-corrected chi connectivity index (χ3v) is 9.22. The van der Waals surface area contributed by atoms with Gasteiger partial charge in [-0.1, -0.05) is 70.8 Å². The molecule has 8 rings (SSSR count). The minimum Gasteiger partial charge on any atom is -0.504 e. The van der Waals surface area contributed by atoms with Gasteiger partial charge < -0.3 is 38.7 Å². The van der Waals surface area contributed by atoms with Crippen LogP contribution in [-0.4, -0.2) is 63.5 Å². The number of aromatic nitrogens is 8. The van der Waals surface area contributed by atoms with Gasteiger partial charge in [-0.2, -0.15) is 10.2 Å². The molecule has 310 valence electrons. The van der Waals surface area contributed by atoms with Crippen molar-refractivity contribution in [3.63, 3.8) is 0 Å². The molecular formula is C44H49N10O4Pd-. The number of nitrogens with one attached hydrogen (secondary N) is 2. The number of fused-ring (bicyclic) bond motifs is 2. The quantitative estimate of drug-likeness (QED) is 0.0705. The predicted molar refractivity (Wildman–Crippen MR) is 232 cm³/mol. The van der Waals surface area contributed by atoms with E-state index in [0.29, 0.717) is 67.9 Å². The first kappa shape index (κ1) is 46.6. The molecule has 0 saturated carbocycles. The number of aromatic amines is 2. The van der Waals surface area contributed by atoms with Crippen molar-refractivity contribution in [1.29, 1.82) is 0 Å². The second kappa shape index (κ2) is 19.1. The van der Waals surface area contributed by atoms with Crippen LogP contribution >= 0.6 is 0 Å². The molecule has 0 radical (unpaired) electrons. The average molecular weight is 888 g/mol. The van der Waals surface area contributed by atoms with E-state index < -0.39 is 11.8 Å². The maximum atomic E-state index is 11.4. The van der Waals surface area contributed by atoms with Crippen LogP contribution in [0.2, 0.25) is 0 Å². The van der Waals surface area contributed by atoms with Gasteiger partial charge in [0.2, 0.25) is 11.8 Å². The van der Waals surface area contributed by atoms with Gasteiger partial charge in [0.05, 0.1) is 29.2 Å². The summed E-state index contributed by atoms with van der Waals surface area (Å²) in [7, 11) is 5.19. The first-order chi connectivity index (χ1) is 26.5. The molecular weight excluding hydrogens is 839 g/mol. The fourth-order valence-electron chi connectivity index (χ4n) is 6.42. The molecule has 0 aliphatic rings.